The second-order valence-electron chi connectivity index (χ2n) is 5.14. The van der Waals surface area contributed by atoms with E-state index in [4.69, 9.17) is 17.0 Å². The number of hydrogen-bond acceptors (Lipinski definition) is 5. The van der Waals surface area contributed by atoms with Crippen molar-refractivity contribution in [1.82, 2.24) is 4.90 Å². The third-order valence-electron chi connectivity index (χ3n) is 3.29. The highest BCUT2D eigenvalue weighted by Gasteiger charge is 2.24. The maximum absolute atomic E-state index is 13.6. The monoisotopic (exact) mass is 383 g/mol. The minimum atomic E-state index is -0.435. The number of carbonyl (C=O) groups is 2. The largest absolute Gasteiger partial charge is 0.479 e. The van der Waals surface area contributed by atoms with Gasteiger partial charge in [-0.2, -0.15) is 0 Å². The first-order valence-electron chi connectivity index (χ1n) is 7.90. The number of amides is 2. The van der Waals surface area contributed by atoms with Crippen molar-refractivity contribution in [3.63, 3.8) is 0 Å². The van der Waals surface area contributed by atoms with E-state index < -0.39 is 11.1 Å². The zero-order valence-electron chi connectivity index (χ0n) is 14.5. The molecule has 1 unspecified atom stereocenters. The number of carbonyl (C=O) groups excluding carboxylic acids is 2. The van der Waals surface area contributed by atoms with Gasteiger partial charge in [0.15, 0.2) is 0 Å². The normalized spacial score (nSPS) is 12.0. The van der Waals surface area contributed by atoms with Gasteiger partial charge in [0.1, 0.15) is 5.82 Å². The number of imide groups is 1. The first-order valence-corrected chi connectivity index (χ1v) is 9.18. The van der Waals surface area contributed by atoms with Gasteiger partial charge in [-0.1, -0.05) is 36.0 Å². The first-order chi connectivity index (χ1) is 11.9. The Balaban J connectivity index is 3.00. The van der Waals surface area contributed by atoms with Crippen LogP contribution < -0.4 is 0 Å². The average molecular weight is 384 g/mol. The predicted molar refractivity (Wildman–Crippen MR) is 103 cm³/mol. The standard InChI is InChI=1S/C18H22FNO3S2/c1-4-6-10-20(13(3)21)17(22)12-16(25-18(24)23-5-2)14-8-7-9-15(19)11-14/h4,6-9,11,16H,5,10,12H2,1-3H3/b6-4+. The molecule has 0 bridgehead atoms. The van der Waals surface area contributed by atoms with Crippen LogP contribution in [0.5, 0.6) is 0 Å². The molecule has 1 rings (SSSR count). The van der Waals surface area contributed by atoms with Crippen LogP contribution in [0.4, 0.5) is 4.39 Å². The Morgan fingerprint density at radius 2 is 2.16 bits per heavy atom. The summed E-state index contributed by atoms with van der Waals surface area (Å²) in [5.41, 5.74) is 0.620. The van der Waals surface area contributed by atoms with E-state index in [1.54, 1.807) is 24.3 Å². The van der Waals surface area contributed by atoms with Gasteiger partial charge < -0.3 is 4.74 Å². The van der Waals surface area contributed by atoms with Crippen LogP contribution in [0.25, 0.3) is 0 Å². The van der Waals surface area contributed by atoms with Gasteiger partial charge in [0.2, 0.25) is 16.2 Å². The summed E-state index contributed by atoms with van der Waals surface area (Å²) in [5, 5.41) is -0.435. The number of allylic oxidation sites excluding steroid dienone is 1. The molecule has 0 aliphatic heterocycles. The lowest BCUT2D eigenvalue weighted by Gasteiger charge is -2.22. The topological polar surface area (TPSA) is 46.6 Å². The molecule has 0 heterocycles. The van der Waals surface area contributed by atoms with E-state index in [0.29, 0.717) is 12.2 Å². The number of thiocarbonyl (C=S) groups is 1. The van der Waals surface area contributed by atoms with Gasteiger partial charge in [-0.3, -0.25) is 14.5 Å². The summed E-state index contributed by atoms with van der Waals surface area (Å²) in [5.74, 6) is -1.07. The molecule has 0 saturated heterocycles. The summed E-state index contributed by atoms with van der Waals surface area (Å²) < 4.78 is 19.1. The Bertz CT molecular complexity index is 649. The molecule has 7 heteroatoms. The fourth-order valence-corrected chi connectivity index (χ4v) is 3.48. The van der Waals surface area contributed by atoms with Gasteiger partial charge in [0, 0.05) is 25.1 Å². The highest BCUT2D eigenvalue weighted by atomic mass is 32.2. The van der Waals surface area contributed by atoms with Crippen molar-refractivity contribution in [2.45, 2.75) is 32.4 Å². The third-order valence-corrected chi connectivity index (χ3v) is 4.73. The fraction of sp³-hybridized carbons (Fsp3) is 0.389. The maximum atomic E-state index is 13.6. The van der Waals surface area contributed by atoms with Crippen LogP contribution in [0.3, 0.4) is 0 Å². The molecule has 1 aromatic carbocycles. The second-order valence-corrected chi connectivity index (χ2v) is 6.95. The van der Waals surface area contributed by atoms with Crippen molar-refractivity contribution in [2.24, 2.45) is 0 Å². The molecule has 2 amide bonds. The third kappa shape index (κ3) is 7.36. The molecule has 0 spiro atoms. The van der Waals surface area contributed by atoms with Crippen LogP contribution in [-0.4, -0.2) is 34.2 Å². The molecular formula is C18H22FNO3S2. The Kier molecular flexibility index (Phi) is 9.37. The van der Waals surface area contributed by atoms with E-state index >= 15 is 0 Å². The summed E-state index contributed by atoms with van der Waals surface area (Å²) in [4.78, 5) is 25.5. The number of rotatable bonds is 7. The van der Waals surface area contributed by atoms with E-state index in [1.807, 2.05) is 13.8 Å². The number of thioether (sulfide) groups is 1. The second kappa shape index (κ2) is 11.0. The number of nitrogens with zero attached hydrogens (tertiary/aromatic N) is 1. The molecule has 4 nitrogen and oxygen atoms in total. The van der Waals surface area contributed by atoms with Crippen LogP contribution in [0.2, 0.25) is 0 Å². The molecule has 0 aromatic heterocycles. The SMILES string of the molecule is C/C=C/CN(C(C)=O)C(=O)CC(SC(=S)OCC)c1cccc(F)c1. The van der Waals surface area contributed by atoms with Gasteiger partial charge in [-0.05, 0) is 43.8 Å². The van der Waals surface area contributed by atoms with Crippen molar-refractivity contribution in [1.29, 1.82) is 0 Å². The zero-order valence-corrected chi connectivity index (χ0v) is 16.2. The minimum absolute atomic E-state index is 0.0124. The Hall–Kier alpha value is -1.73. The molecular weight excluding hydrogens is 361 g/mol. The summed E-state index contributed by atoms with van der Waals surface area (Å²) in [6.45, 7) is 5.59. The molecule has 136 valence electrons. The average Bonchev–Trinajstić information content (AvgIpc) is 2.54. The number of halogens is 1. The molecule has 0 saturated carbocycles. The van der Waals surface area contributed by atoms with Crippen LogP contribution >= 0.6 is 24.0 Å². The van der Waals surface area contributed by atoms with E-state index in [9.17, 15) is 14.0 Å². The molecule has 1 atom stereocenters. The molecule has 0 aliphatic carbocycles. The molecule has 25 heavy (non-hydrogen) atoms. The number of hydrogen-bond donors (Lipinski definition) is 0. The van der Waals surface area contributed by atoms with Crippen LogP contribution in [-0.2, 0) is 14.3 Å². The Morgan fingerprint density at radius 3 is 2.72 bits per heavy atom. The van der Waals surface area contributed by atoms with Gasteiger partial charge in [-0.15, -0.1) is 0 Å². The number of ether oxygens (including phenoxy) is 1. The number of benzene rings is 1. The van der Waals surface area contributed by atoms with Crippen molar-refractivity contribution in [2.75, 3.05) is 13.2 Å². The molecule has 0 fully saturated rings. The van der Waals surface area contributed by atoms with Crippen molar-refractivity contribution in [3.8, 4) is 0 Å². The van der Waals surface area contributed by atoms with E-state index in [1.165, 1.54) is 30.8 Å². The highest BCUT2D eigenvalue weighted by molar-refractivity contribution is 8.22. The van der Waals surface area contributed by atoms with Gasteiger partial charge >= 0.3 is 0 Å². The lowest BCUT2D eigenvalue weighted by Crippen LogP contribution is -2.36. The quantitative estimate of drug-likeness (QED) is 0.520. The predicted octanol–water partition coefficient (Wildman–Crippen LogP) is 4.26. The Labute approximate surface area is 157 Å². The highest BCUT2D eigenvalue weighted by Crippen LogP contribution is 2.34. The van der Waals surface area contributed by atoms with Crippen LogP contribution in [0, 0.1) is 5.82 Å². The van der Waals surface area contributed by atoms with E-state index in [-0.39, 0.29) is 29.2 Å². The van der Waals surface area contributed by atoms with Crippen molar-refractivity contribution in [3.05, 3.63) is 47.8 Å². The lowest BCUT2D eigenvalue weighted by molar-refractivity contribution is -0.142. The summed E-state index contributed by atoms with van der Waals surface area (Å²) in [6.07, 6.45) is 3.51. The van der Waals surface area contributed by atoms with Crippen molar-refractivity contribution >= 4 is 40.2 Å². The summed E-state index contributed by atoms with van der Waals surface area (Å²) in [6, 6.07) is 6.01. The summed E-state index contributed by atoms with van der Waals surface area (Å²) >= 11 is 6.32. The van der Waals surface area contributed by atoms with Crippen molar-refractivity contribution < 1.29 is 18.7 Å². The lowest BCUT2D eigenvalue weighted by atomic mass is 10.1. The van der Waals surface area contributed by atoms with E-state index in [2.05, 4.69) is 0 Å². The van der Waals surface area contributed by atoms with E-state index in [0.717, 1.165) is 4.90 Å². The molecule has 0 aliphatic rings. The molecule has 0 N–H and O–H groups in total. The van der Waals surface area contributed by atoms with Crippen LogP contribution in [0.15, 0.2) is 36.4 Å². The summed E-state index contributed by atoms with van der Waals surface area (Å²) in [7, 11) is 0. The van der Waals surface area contributed by atoms with Gasteiger partial charge in [-0.25, -0.2) is 4.39 Å². The Morgan fingerprint density at radius 1 is 1.44 bits per heavy atom. The smallest absolute Gasteiger partial charge is 0.230 e. The van der Waals surface area contributed by atoms with Gasteiger partial charge in [0.05, 0.1) is 6.61 Å². The minimum Gasteiger partial charge on any atom is -0.479 e. The van der Waals surface area contributed by atoms with Crippen LogP contribution in [0.1, 0.15) is 38.0 Å². The van der Waals surface area contributed by atoms with Gasteiger partial charge in [0.25, 0.3) is 0 Å². The molecule has 1 aromatic rings. The maximum Gasteiger partial charge on any atom is 0.230 e. The fourth-order valence-electron chi connectivity index (χ4n) is 2.09. The molecule has 0 radical (unpaired) electrons. The zero-order chi connectivity index (χ0) is 18.8. The first kappa shape index (κ1) is 21.3.